The first-order valence-electron chi connectivity index (χ1n) is 7.62. The van der Waals surface area contributed by atoms with E-state index in [1.807, 2.05) is 48.5 Å². The number of carbonyl (C=O) groups is 1. The van der Waals surface area contributed by atoms with Gasteiger partial charge in [-0.25, -0.2) is 4.79 Å². The second-order valence-electron chi connectivity index (χ2n) is 5.27. The number of carbonyl (C=O) groups excluding carboxylic acids is 1. The third kappa shape index (κ3) is 3.06. The highest BCUT2D eigenvalue weighted by Gasteiger charge is 2.17. The fourth-order valence-corrected chi connectivity index (χ4v) is 2.70. The van der Waals surface area contributed by atoms with E-state index >= 15 is 0 Å². The molecule has 0 unspecified atom stereocenters. The number of hydrogen-bond donors (Lipinski definition) is 1. The normalized spacial score (nSPS) is 10.7. The zero-order valence-corrected chi connectivity index (χ0v) is 13.3. The first kappa shape index (κ1) is 15.2. The van der Waals surface area contributed by atoms with Crippen LogP contribution in [0.15, 0.2) is 48.5 Å². The SMILES string of the molecule is CCOC(=O)c1[nH]c(Cc2ccc(OC)cc2)c2ccccc12. The summed E-state index contributed by atoms with van der Waals surface area (Å²) >= 11 is 0. The Morgan fingerprint density at radius 3 is 2.39 bits per heavy atom. The van der Waals surface area contributed by atoms with Crippen molar-refractivity contribution in [1.82, 2.24) is 4.98 Å². The van der Waals surface area contributed by atoms with E-state index in [0.29, 0.717) is 18.7 Å². The summed E-state index contributed by atoms with van der Waals surface area (Å²) in [5.41, 5.74) is 2.67. The van der Waals surface area contributed by atoms with Gasteiger partial charge in [-0.2, -0.15) is 0 Å². The first-order chi connectivity index (χ1) is 11.2. The van der Waals surface area contributed by atoms with E-state index in [0.717, 1.165) is 27.8 Å². The van der Waals surface area contributed by atoms with Crippen LogP contribution in [0, 0.1) is 0 Å². The maximum atomic E-state index is 12.1. The average Bonchev–Trinajstić information content (AvgIpc) is 2.95. The molecule has 0 saturated carbocycles. The molecule has 0 bridgehead atoms. The van der Waals surface area contributed by atoms with Gasteiger partial charge < -0.3 is 14.5 Å². The molecular weight excluding hydrogens is 290 g/mol. The number of hydrogen-bond acceptors (Lipinski definition) is 3. The van der Waals surface area contributed by atoms with Gasteiger partial charge >= 0.3 is 5.97 Å². The number of methoxy groups -OCH3 is 1. The molecule has 23 heavy (non-hydrogen) atoms. The molecule has 4 nitrogen and oxygen atoms in total. The molecule has 1 aromatic heterocycles. The number of nitrogens with one attached hydrogen (secondary N) is 1. The molecule has 0 saturated heterocycles. The minimum atomic E-state index is -0.315. The lowest BCUT2D eigenvalue weighted by Gasteiger charge is -2.03. The van der Waals surface area contributed by atoms with Crippen LogP contribution in [0.1, 0.15) is 28.7 Å². The summed E-state index contributed by atoms with van der Waals surface area (Å²) in [4.78, 5) is 15.4. The molecule has 0 radical (unpaired) electrons. The van der Waals surface area contributed by atoms with Crippen molar-refractivity contribution in [2.24, 2.45) is 0 Å². The minimum Gasteiger partial charge on any atom is -0.497 e. The van der Waals surface area contributed by atoms with Gasteiger partial charge in [0.25, 0.3) is 0 Å². The fourth-order valence-electron chi connectivity index (χ4n) is 2.70. The summed E-state index contributed by atoms with van der Waals surface area (Å²) in [5.74, 6) is 0.516. The third-order valence-electron chi connectivity index (χ3n) is 3.82. The highest BCUT2D eigenvalue weighted by molar-refractivity contribution is 6.04. The van der Waals surface area contributed by atoms with Crippen molar-refractivity contribution in [3.05, 3.63) is 65.5 Å². The standard InChI is InChI=1S/C19H19NO3/c1-3-23-19(21)18-16-7-5-4-6-15(16)17(20-18)12-13-8-10-14(22-2)11-9-13/h4-11,20H,3,12H2,1-2H3. The quantitative estimate of drug-likeness (QED) is 0.726. The third-order valence-corrected chi connectivity index (χ3v) is 3.82. The summed E-state index contributed by atoms with van der Waals surface area (Å²) in [6.07, 6.45) is 0.712. The second-order valence-corrected chi connectivity index (χ2v) is 5.27. The second kappa shape index (κ2) is 6.57. The minimum absolute atomic E-state index is 0.315. The van der Waals surface area contributed by atoms with Crippen LogP contribution >= 0.6 is 0 Å². The highest BCUT2D eigenvalue weighted by atomic mass is 16.5. The smallest absolute Gasteiger partial charge is 0.355 e. The molecule has 3 rings (SSSR count). The molecule has 0 amide bonds. The first-order valence-corrected chi connectivity index (χ1v) is 7.62. The predicted octanol–water partition coefficient (Wildman–Crippen LogP) is 3.94. The summed E-state index contributed by atoms with van der Waals surface area (Å²) < 4.78 is 10.3. The number of benzene rings is 2. The molecule has 2 aromatic carbocycles. The summed E-state index contributed by atoms with van der Waals surface area (Å²) in [6.45, 7) is 2.17. The fraction of sp³-hybridized carbons (Fsp3) is 0.211. The summed E-state index contributed by atoms with van der Waals surface area (Å²) in [7, 11) is 1.65. The van der Waals surface area contributed by atoms with Gasteiger partial charge in [-0.3, -0.25) is 0 Å². The lowest BCUT2D eigenvalue weighted by Crippen LogP contribution is -2.05. The molecule has 1 N–H and O–H groups in total. The molecule has 0 aliphatic carbocycles. The molecular formula is C19H19NO3. The molecule has 118 valence electrons. The average molecular weight is 309 g/mol. The maximum absolute atomic E-state index is 12.1. The van der Waals surface area contributed by atoms with Crippen LogP contribution in [0.4, 0.5) is 0 Å². The van der Waals surface area contributed by atoms with E-state index in [1.165, 1.54) is 0 Å². The zero-order chi connectivity index (χ0) is 16.2. The number of fused-ring (bicyclic) bond motifs is 1. The van der Waals surface area contributed by atoms with Gasteiger partial charge in [-0.15, -0.1) is 0 Å². The van der Waals surface area contributed by atoms with Gasteiger partial charge in [0.15, 0.2) is 0 Å². The number of H-pyrrole nitrogens is 1. The number of ether oxygens (including phenoxy) is 2. The van der Waals surface area contributed by atoms with Crippen molar-refractivity contribution in [2.45, 2.75) is 13.3 Å². The van der Waals surface area contributed by atoms with E-state index in [-0.39, 0.29) is 5.97 Å². The van der Waals surface area contributed by atoms with Gasteiger partial charge in [-0.1, -0.05) is 36.4 Å². The van der Waals surface area contributed by atoms with Gasteiger partial charge in [0.2, 0.25) is 0 Å². The van der Waals surface area contributed by atoms with E-state index < -0.39 is 0 Å². The van der Waals surface area contributed by atoms with Crippen LogP contribution in [0.25, 0.3) is 10.8 Å². The molecule has 0 aliphatic heterocycles. The Morgan fingerprint density at radius 2 is 1.74 bits per heavy atom. The van der Waals surface area contributed by atoms with Gasteiger partial charge in [0.1, 0.15) is 11.4 Å². The Labute approximate surface area is 135 Å². The molecule has 4 heteroatoms. The monoisotopic (exact) mass is 309 g/mol. The van der Waals surface area contributed by atoms with Crippen LogP contribution in [-0.4, -0.2) is 24.7 Å². The van der Waals surface area contributed by atoms with Crippen molar-refractivity contribution in [1.29, 1.82) is 0 Å². The highest BCUT2D eigenvalue weighted by Crippen LogP contribution is 2.26. The van der Waals surface area contributed by atoms with Crippen LogP contribution in [0.2, 0.25) is 0 Å². The lowest BCUT2D eigenvalue weighted by molar-refractivity contribution is 0.0522. The van der Waals surface area contributed by atoms with E-state index in [1.54, 1.807) is 14.0 Å². The van der Waals surface area contributed by atoms with Crippen molar-refractivity contribution in [3.8, 4) is 5.75 Å². The van der Waals surface area contributed by atoms with Gasteiger partial charge in [-0.05, 0) is 24.6 Å². The molecule has 0 fully saturated rings. The van der Waals surface area contributed by atoms with Crippen LogP contribution in [0.3, 0.4) is 0 Å². The Hall–Kier alpha value is -2.75. The van der Waals surface area contributed by atoms with E-state index in [2.05, 4.69) is 4.98 Å². The molecule has 1 heterocycles. The van der Waals surface area contributed by atoms with E-state index in [9.17, 15) is 4.79 Å². The molecule has 0 aliphatic rings. The van der Waals surface area contributed by atoms with Crippen LogP contribution < -0.4 is 4.74 Å². The van der Waals surface area contributed by atoms with Crippen molar-refractivity contribution < 1.29 is 14.3 Å². The Kier molecular flexibility index (Phi) is 4.33. The van der Waals surface area contributed by atoms with Crippen LogP contribution in [0.5, 0.6) is 5.75 Å². The van der Waals surface area contributed by atoms with E-state index in [4.69, 9.17) is 9.47 Å². The Morgan fingerprint density at radius 1 is 1.04 bits per heavy atom. The maximum Gasteiger partial charge on any atom is 0.355 e. The topological polar surface area (TPSA) is 51.3 Å². The number of rotatable bonds is 5. The predicted molar refractivity (Wildman–Crippen MR) is 90.1 cm³/mol. The molecule has 0 spiro atoms. The summed E-state index contributed by atoms with van der Waals surface area (Å²) in [6, 6.07) is 15.8. The van der Waals surface area contributed by atoms with Crippen molar-refractivity contribution in [3.63, 3.8) is 0 Å². The van der Waals surface area contributed by atoms with Gasteiger partial charge in [0.05, 0.1) is 13.7 Å². The van der Waals surface area contributed by atoms with Crippen LogP contribution in [-0.2, 0) is 11.2 Å². The number of esters is 1. The van der Waals surface area contributed by atoms with Crippen molar-refractivity contribution >= 4 is 16.7 Å². The Bertz CT molecular complexity index is 818. The Balaban J connectivity index is 1.98. The summed E-state index contributed by atoms with van der Waals surface area (Å²) in [5, 5.41) is 1.95. The van der Waals surface area contributed by atoms with Crippen molar-refractivity contribution in [2.75, 3.05) is 13.7 Å². The molecule has 3 aromatic rings. The number of aromatic nitrogens is 1. The zero-order valence-electron chi connectivity index (χ0n) is 13.3. The largest absolute Gasteiger partial charge is 0.497 e. The number of aromatic amines is 1. The van der Waals surface area contributed by atoms with Gasteiger partial charge in [0, 0.05) is 22.9 Å². The molecule has 0 atom stereocenters. The lowest BCUT2D eigenvalue weighted by atomic mass is 10.1.